The number of alkyl halides is 3. The fourth-order valence-corrected chi connectivity index (χ4v) is 2.32. The Balaban J connectivity index is 1.59. The number of rotatable bonds is 5. The van der Waals surface area contributed by atoms with Crippen LogP contribution in [0.2, 0.25) is 0 Å². The summed E-state index contributed by atoms with van der Waals surface area (Å²) in [5, 5.41) is 6.11. The van der Waals surface area contributed by atoms with Gasteiger partial charge in [0, 0.05) is 24.1 Å². The van der Waals surface area contributed by atoms with Gasteiger partial charge in [0.25, 0.3) is 0 Å². The molecule has 1 aromatic heterocycles. The average Bonchev–Trinajstić information content (AvgIpc) is 3.09. The SMILES string of the molecule is O=C(CCc1nc(-c2cccc(F)c2)no1)Nc1cccc(C(F)(F)F)c1. The van der Waals surface area contributed by atoms with Crippen molar-refractivity contribution in [1.82, 2.24) is 10.1 Å². The third-order valence-electron chi connectivity index (χ3n) is 3.59. The molecule has 0 radical (unpaired) electrons. The molecule has 0 saturated carbocycles. The van der Waals surface area contributed by atoms with E-state index in [0.29, 0.717) is 5.56 Å². The standard InChI is InChI=1S/C18H13F4N3O2/c19-13-5-1-3-11(9-13)17-24-16(27-25-17)8-7-15(26)23-14-6-2-4-12(10-14)18(20,21)22/h1-6,9-10H,7-8H2,(H,23,26). The van der Waals surface area contributed by atoms with Gasteiger partial charge in [0.2, 0.25) is 17.6 Å². The summed E-state index contributed by atoms with van der Waals surface area (Å²) in [6, 6.07) is 9.98. The predicted molar refractivity (Wildman–Crippen MR) is 88.1 cm³/mol. The van der Waals surface area contributed by atoms with Gasteiger partial charge in [-0.3, -0.25) is 4.79 Å². The lowest BCUT2D eigenvalue weighted by Gasteiger charge is -2.09. The topological polar surface area (TPSA) is 68.0 Å². The number of carbonyl (C=O) groups excluding carboxylic acids is 1. The average molecular weight is 379 g/mol. The normalized spacial score (nSPS) is 11.4. The highest BCUT2D eigenvalue weighted by Crippen LogP contribution is 2.30. The zero-order valence-electron chi connectivity index (χ0n) is 13.8. The predicted octanol–water partition coefficient (Wildman–Crippen LogP) is 4.47. The maximum Gasteiger partial charge on any atom is 0.416 e. The van der Waals surface area contributed by atoms with E-state index in [4.69, 9.17) is 4.52 Å². The molecule has 0 bridgehead atoms. The minimum atomic E-state index is -4.49. The number of hydrogen-bond donors (Lipinski definition) is 1. The van der Waals surface area contributed by atoms with Crippen molar-refractivity contribution >= 4 is 11.6 Å². The third-order valence-corrected chi connectivity index (χ3v) is 3.59. The molecule has 1 heterocycles. The van der Waals surface area contributed by atoms with E-state index in [1.54, 1.807) is 6.07 Å². The molecule has 0 aliphatic heterocycles. The molecule has 0 aliphatic rings. The van der Waals surface area contributed by atoms with E-state index < -0.39 is 23.5 Å². The van der Waals surface area contributed by atoms with Gasteiger partial charge in [-0.25, -0.2) is 4.39 Å². The van der Waals surface area contributed by atoms with E-state index in [9.17, 15) is 22.4 Å². The number of amides is 1. The Hall–Kier alpha value is -3.23. The molecule has 140 valence electrons. The van der Waals surface area contributed by atoms with Crippen LogP contribution in [0.1, 0.15) is 17.9 Å². The summed E-state index contributed by atoms with van der Waals surface area (Å²) in [6.07, 6.45) is -4.47. The van der Waals surface area contributed by atoms with Crippen LogP contribution in [0.3, 0.4) is 0 Å². The van der Waals surface area contributed by atoms with Crippen LogP contribution < -0.4 is 5.32 Å². The molecule has 5 nitrogen and oxygen atoms in total. The van der Waals surface area contributed by atoms with Crippen molar-refractivity contribution in [2.75, 3.05) is 5.32 Å². The summed E-state index contributed by atoms with van der Waals surface area (Å²) >= 11 is 0. The quantitative estimate of drug-likeness (QED) is 0.665. The Labute approximate surface area is 151 Å². The molecule has 1 N–H and O–H groups in total. The van der Waals surface area contributed by atoms with Crippen LogP contribution in [0.15, 0.2) is 53.1 Å². The number of nitrogens with one attached hydrogen (secondary N) is 1. The molecule has 0 spiro atoms. The Kier molecular flexibility index (Phi) is 5.20. The minimum absolute atomic E-state index is 0.0424. The van der Waals surface area contributed by atoms with Crippen LogP contribution in [0, 0.1) is 5.82 Å². The monoisotopic (exact) mass is 379 g/mol. The van der Waals surface area contributed by atoms with Crippen molar-refractivity contribution in [2.45, 2.75) is 19.0 Å². The molecule has 0 aliphatic carbocycles. The lowest BCUT2D eigenvalue weighted by Crippen LogP contribution is -2.13. The Bertz CT molecular complexity index is 954. The van der Waals surface area contributed by atoms with Crippen LogP contribution in [0.5, 0.6) is 0 Å². The maximum absolute atomic E-state index is 13.2. The third kappa shape index (κ3) is 4.90. The first-order valence-corrected chi connectivity index (χ1v) is 7.87. The van der Waals surface area contributed by atoms with Crippen molar-refractivity contribution in [2.24, 2.45) is 0 Å². The molecule has 0 fully saturated rings. The number of carbonyl (C=O) groups is 1. The fraction of sp³-hybridized carbons (Fsp3) is 0.167. The van der Waals surface area contributed by atoms with Crippen molar-refractivity contribution < 1.29 is 26.9 Å². The summed E-state index contributed by atoms with van der Waals surface area (Å²) in [5.41, 5.74) is -0.379. The van der Waals surface area contributed by atoms with Crippen LogP contribution in [-0.2, 0) is 17.4 Å². The Morgan fingerprint density at radius 1 is 1.11 bits per heavy atom. The molecule has 0 unspecified atom stereocenters. The number of aromatic nitrogens is 2. The summed E-state index contributed by atoms with van der Waals surface area (Å²) in [4.78, 5) is 16.0. The first kappa shape index (κ1) is 18.6. The zero-order valence-corrected chi connectivity index (χ0v) is 13.8. The molecule has 3 aromatic rings. The van der Waals surface area contributed by atoms with Gasteiger partial charge in [-0.05, 0) is 30.3 Å². The first-order valence-electron chi connectivity index (χ1n) is 7.87. The van der Waals surface area contributed by atoms with E-state index in [-0.39, 0.29) is 30.2 Å². The number of halogens is 4. The highest BCUT2D eigenvalue weighted by atomic mass is 19.4. The molecule has 0 atom stereocenters. The second kappa shape index (κ2) is 7.56. The zero-order chi connectivity index (χ0) is 19.4. The van der Waals surface area contributed by atoms with Crippen LogP contribution in [0.4, 0.5) is 23.2 Å². The van der Waals surface area contributed by atoms with Crippen LogP contribution in [0.25, 0.3) is 11.4 Å². The van der Waals surface area contributed by atoms with Crippen LogP contribution >= 0.6 is 0 Å². The van der Waals surface area contributed by atoms with Gasteiger partial charge < -0.3 is 9.84 Å². The van der Waals surface area contributed by atoms with E-state index >= 15 is 0 Å². The summed E-state index contributed by atoms with van der Waals surface area (Å²) < 4.78 is 56.3. The van der Waals surface area contributed by atoms with Crippen molar-refractivity contribution in [3.05, 3.63) is 65.8 Å². The Morgan fingerprint density at radius 2 is 1.89 bits per heavy atom. The second-order valence-corrected chi connectivity index (χ2v) is 5.65. The first-order chi connectivity index (χ1) is 12.8. The van der Waals surface area contributed by atoms with Gasteiger partial charge in [-0.1, -0.05) is 23.4 Å². The molecule has 3 rings (SSSR count). The van der Waals surface area contributed by atoms with Crippen molar-refractivity contribution in [1.29, 1.82) is 0 Å². The molecule has 0 saturated heterocycles. The second-order valence-electron chi connectivity index (χ2n) is 5.65. The molecule has 27 heavy (non-hydrogen) atoms. The smallest absolute Gasteiger partial charge is 0.339 e. The van der Waals surface area contributed by atoms with Gasteiger partial charge in [-0.2, -0.15) is 18.2 Å². The minimum Gasteiger partial charge on any atom is -0.339 e. The summed E-state index contributed by atoms with van der Waals surface area (Å²) in [5.74, 6) is -0.601. The van der Waals surface area contributed by atoms with E-state index in [2.05, 4.69) is 15.5 Å². The fourth-order valence-electron chi connectivity index (χ4n) is 2.32. The highest BCUT2D eigenvalue weighted by Gasteiger charge is 2.30. The molecular weight excluding hydrogens is 366 g/mol. The number of hydrogen-bond acceptors (Lipinski definition) is 4. The van der Waals surface area contributed by atoms with Crippen molar-refractivity contribution in [3.8, 4) is 11.4 Å². The van der Waals surface area contributed by atoms with Gasteiger partial charge in [0.15, 0.2) is 0 Å². The number of nitrogens with zero attached hydrogens (tertiary/aromatic N) is 2. The van der Waals surface area contributed by atoms with E-state index in [1.807, 2.05) is 0 Å². The molecule has 9 heteroatoms. The molecule has 2 aromatic carbocycles. The van der Waals surface area contributed by atoms with Crippen LogP contribution in [-0.4, -0.2) is 16.0 Å². The van der Waals surface area contributed by atoms with Gasteiger partial charge in [0.1, 0.15) is 5.82 Å². The molecular formula is C18H13F4N3O2. The number of aryl methyl sites for hydroxylation is 1. The maximum atomic E-state index is 13.2. The number of anilines is 1. The molecule has 1 amide bonds. The van der Waals surface area contributed by atoms with Crippen molar-refractivity contribution in [3.63, 3.8) is 0 Å². The highest BCUT2D eigenvalue weighted by molar-refractivity contribution is 5.90. The van der Waals surface area contributed by atoms with Gasteiger partial charge in [0.05, 0.1) is 5.56 Å². The lowest BCUT2D eigenvalue weighted by molar-refractivity contribution is -0.137. The Morgan fingerprint density at radius 3 is 2.63 bits per heavy atom. The number of benzene rings is 2. The van der Waals surface area contributed by atoms with Gasteiger partial charge in [-0.15, -0.1) is 0 Å². The summed E-state index contributed by atoms with van der Waals surface area (Å²) in [7, 11) is 0. The lowest BCUT2D eigenvalue weighted by atomic mass is 10.2. The van der Waals surface area contributed by atoms with Gasteiger partial charge >= 0.3 is 6.18 Å². The van der Waals surface area contributed by atoms with E-state index in [0.717, 1.165) is 12.1 Å². The van der Waals surface area contributed by atoms with E-state index in [1.165, 1.54) is 30.3 Å². The largest absolute Gasteiger partial charge is 0.416 e. The summed E-state index contributed by atoms with van der Waals surface area (Å²) in [6.45, 7) is 0.